The van der Waals surface area contributed by atoms with E-state index in [0.29, 0.717) is 18.0 Å². The predicted molar refractivity (Wildman–Crippen MR) is 56.0 cm³/mol. The van der Waals surface area contributed by atoms with E-state index in [4.69, 9.17) is 19.4 Å². The van der Waals surface area contributed by atoms with Gasteiger partial charge in [-0.2, -0.15) is 9.97 Å². The van der Waals surface area contributed by atoms with Crippen LogP contribution in [0, 0.1) is 0 Å². The van der Waals surface area contributed by atoms with Gasteiger partial charge in [-0.3, -0.25) is 0 Å². The molecule has 0 saturated heterocycles. The smallest absolute Gasteiger partial charge is 0.322 e. The summed E-state index contributed by atoms with van der Waals surface area (Å²) in [6.07, 6.45) is 0.0889. The molecule has 0 saturated carbocycles. The molecule has 0 fully saturated rings. The third kappa shape index (κ3) is 2.41. The minimum absolute atomic E-state index is 0.105. The van der Waals surface area contributed by atoms with Crippen LogP contribution in [0.2, 0.25) is 0 Å². The molecule has 92 valence electrons. The standard InChI is InChI=1S/C9H12N4O4/c1-15-8-10-7(11-9(12-8)16-2)6-3-5(4-14)17-13-6/h5,14H,3-4H2,1-2H3. The molecule has 0 bridgehead atoms. The maximum Gasteiger partial charge on any atom is 0.322 e. The van der Waals surface area contributed by atoms with Crippen LogP contribution in [0.5, 0.6) is 12.0 Å². The summed E-state index contributed by atoms with van der Waals surface area (Å²) in [6.45, 7) is -0.105. The molecule has 0 aromatic carbocycles. The molecule has 0 spiro atoms. The van der Waals surface area contributed by atoms with E-state index in [2.05, 4.69) is 20.1 Å². The van der Waals surface area contributed by atoms with E-state index in [0.717, 1.165) is 0 Å². The van der Waals surface area contributed by atoms with Crippen molar-refractivity contribution in [3.63, 3.8) is 0 Å². The van der Waals surface area contributed by atoms with E-state index in [1.54, 1.807) is 0 Å². The molecule has 8 heteroatoms. The van der Waals surface area contributed by atoms with Gasteiger partial charge < -0.3 is 19.4 Å². The highest BCUT2D eigenvalue weighted by Crippen LogP contribution is 2.16. The lowest BCUT2D eigenvalue weighted by molar-refractivity contribution is 0.0390. The third-order valence-corrected chi connectivity index (χ3v) is 2.15. The number of aliphatic hydroxyl groups excluding tert-OH is 1. The van der Waals surface area contributed by atoms with Gasteiger partial charge in [-0.1, -0.05) is 5.16 Å². The van der Waals surface area contributed by atoms with E-state index < -0.39 is 0 Å². The topological polar surface area (TPSA) is 99.0 Å². The van der Waals surface area contributed by atoms with Gasteiger partial charge in [0.1, 0.15) is 5.71 Å². The van der Waals surface area contributed by atoms with Crippen molar-refractivity contribution >= 4 is 5.71 Å². The van der Waals surface area contributed by atoms with Crippen molar-refractivity contribution in [3.05, 3.63) is 5.82 Å². The first-order valence-electron chi connectivity index (χ1n) is 4.94. The first-order valence-corrected chi connectivity index (χ1v) is 4.94. The summed E-state index contributed by atoms with van der Waals surface area (Å²) >= 11 is 0. The normalized spacial score (nSPS) is 18.5. The van der Waals surface area contributed by atoms with Crippen LogP contribution in [0.4, 0.5) is 0 Å². The molecule has 1 aliphatic rings. The lowest BCUT2D eigenvalue weighted by atomic mass is 10.2. The highest BCUT2D eigenvalue weighted by atomic mass is 16.6. The number of aromatic nitrogens is 3. The fraction of sp³-hybridized carbons (Fsp3) is 0.556. The van der Waals surface area contributed by atoms with Gasteiger partial charge in [-0.15, -0.1) is 4.98 Å². The Morgan fingerprint density at radius 2 is 1.88 bits per heavy atom. The van der Waals surface area contributed by atoms with Crippen LogP contribution in [0.1, 0.15) is 12.2 Å². The molecule has 0 aliphatic carbocycles. The van der Waals surface area contributed by atoms with E-state index in [9.17, 15) is 0 Å². The number of hydrogen-bond acceptors (Lipinski definition) is 8. The number of ether oxygens (including phenoxy) is 2. The Balaban J connectivity index is 2.26. The minimum atomic E-state index is -0.348. The molecule has 0 radical (unpaired) electrons. The van der Waals surface area contributed by atoms with E-state index in [-0.39, 0.29) is 24.7 Å². The van der Waals surface area contributed by atoms with Crippen LogP contribution in [-0.4, -0.2) is 52.7 Å². The number of aliphatic hydroxyl groups is 1. The highest BCUT2D eigenvalue weighted by molar-refractivity contribution is 5.98. The summed E-state index contributed by atoms with van der Waals surface area (Å²) in [7, 11) is 2.89. The first-order chi connectivity index (χ1) is 8.26. The molecule has 1 aliphatic heterocycles. The van der Waals surface area contributed by atoms with Crippen LogP contribution in [0.25, 0.3) is 0 Å². The number of hydrogen-bond donors (Lipinski definition) is 1. The Labute approximate surface area is 97.3 Å². The van der Waals surface area contributed by atoms with Gasteiger partial charge in [0.2, 0.25) is 0 Å². The Hall–Kier alpha value is -1.96. The van der Waals surface area contributed by atoms with Gasteiger partial charge in [0.05, 0.1) is 20.8 Å². The summed E-state index contributed by atoms with van der Waals surface area (Å²) in [5.74, 6) is 0.324. The molecule has 2 rings (SSSR count). The van der Waals surface area contributed by atoms with Crippen molar-refractivity contribution < 1.29 is 19.4 Å². The van der Waals surface area contributed by atoms with Crippen molar-refractivity contribution in [1.29, 1.82) is 0 Å². The van der Waals surface area contributed by atoms with Crippen molar-refractivity contribution in [2.24, 2.45) is 5.16 Å². The fourth-order valence-corrected chi connectivity index (χ4v) is 1.31. The molecule has 1 atom stereocenters. The molecule has 0 amide bonds. The van der Waals surface area contributed by atoms with Gasteiger partial charge in [-0.05, 0) is 0 Å². The molecule has 1 unspecified atom stereocenters. The second kappa shape index (κ2) is 4.91. The summed E-state index contributed by atoms with van der Waals surface area (Å²) < 4.78 is 9.85. The fourth-order valence-electron chi connectivity index (χ4n) is 1.31. The highest BCUT2D eigenvalue weighted by Gasteiger charge is 2.24. The lowest BCUT2D eigenvalue weighted by Gasteiger charge is -2.04. The average molecular weight is 240 g/mol. The number of methoxy groups -OCH3 is 2. The molecular weight excluding hydrogens is 228 g/mol. The largest absolute Gasteiger partial charge is 0.467 e. The van der Waals surface area contributed by atoms with Crippen molar-refractivity contribution in [1.82, 2.24) is 15.0 Å². The molecular formula is C9H12N4O4. The Bertz CT molecular complexity index is 415. The van der Waals surface area contributed by atoms with Crippen molar-refractivity contribution in [3.8, 4) is 12.0 Å². The zero-order valence-electron chi connectivity index (χ0n) is 9.45. The zero-order valence-corrected chi connectivity index (χ0v) is 9.45. The molecule has 1 aromatic rings. The average Bonchev–Trinajstić information content (AvgIpc) is 2.86. The van der Waals surface area contributed by atoms with Gasteiger partial charge in [-0.25, -0.2) is 0 Å². The summed E-state index contributed by atoms with van der Waals surface area (Å²) in [5, 5.41) is 12.7. The van der Waals surface area contributed by atoms with Crippen LogP contribution >= 0.6 is 0 Å². The second-order valence-corrected chi connectivity index (χ2v) is 3.28. The zero-order chi connectivity index (χ0) is 12.3. The van der Waals surface area contributed by atoms with Crippen molar-refractivity contribution in [2.45, 2.75) is 12.5 Å². The van der Waals surface area contributed by atoms with Crippen LogP contribution in [0.15, 0.2) is 5.16 Å². The van der Waals surface area contributed by atoms with Gasteiger partial charge >= 0.3 is 12.0 Å². The Kier molecular flexibility index (Phi) is 3.33. The van der Waals surface area contributed by atoms with E-state index in [1.165, 1.54) is 14.2 Å². The second-order valence-electron chi connectivity index (χ2n) is 3.28. The monoisotopic (exact) mass is 240 g/mol. The van der Waals surface area contributed by atoms with Crippen LogP contribution < -0.4 is 9.47 Å². The summed E-state index contributed by atoms with van der Waals surface area (Å²) in [4.78, 5) is 16.9. The predicted octanol–water partition coefficient (Wildman–Crippen LogP) is -0.626. The number of rotatable bonds is 4. The van der Waals surface area contributed by atoms with Gasteiger partial charge in [0, 0.05) is 6.42 Å². The summed E-state index contributed by atoms with van der Waals surface area (Å²) in [6, 6.07) is 0.281. The van der Waals surface area contributed by atoms with E-state index in [1.807, 2.05) is 0 Å². The first kappa shape index (κ1) is 11.5. The van der Waals surface area contributed by atoms with Crippen LogP contribution in [0.3, 0.4) is 0 Å². The molecule has 1 aromatic heterocycles. The SMILES string of the molecule is COc1nc(OC)nc(C2=NOC(CO)C2)n1. The molecule has 2 heterocycles. The van der Waals surface area contributed by atoms with E-state index >= 15 is 0 Å². The number of oxime groups is 1. The maximum atomic E-state index is 8.93. The molecule has 17 heavy (non-hydrogen) atoms. The Morgan fingerprint density at radius 1 is 1.24 bits per heavy atom. The summed E-state index contributed by atoms with van der Waals surface area (Å²) in [5.41, 5.74) is 0.531. The van der Waals surface area contributed by atoms with Crippen molar-refractivity contribution in [2.75, 3.05) is 20.8 Å². The maximum absolute atomic E-state index is 8.93. The van der Waals surface area contributed by atoms with Crippen LogP contribution in [-0.2, 0) is 4.84 Å². The Morgan fingerprint density at radius 3 is 2.35 bits per heavy atom. The quantitative estimate of drug-likeness (QED) is 0.748. The third-order valence-electron chi connectivity index (χ3n) is 2.15. The number of nitrogens with zero attached hydrogens (tertiary/aromatic N) is 4. The molecule has 1 N–H and O–H groups in total. The molecule has 8 nitrogen and oxygen atoms in total. The lowest BCUT2D eigenvalue weighted by Crippen LogP contribution is -2.15. The minimum Gasteiger partial charge on any atom is -0.467 e. The van der Waals surface area contributed by atoms with Gasteiger partial charge in [0.25, 0.3) is 0 Å². The van der Waals surface area contributed by atoms with Gasteiger partial charge in [0.15, 0.2) is 11.9 Å².